The number of benzene rings is 3. The molecule has 0 heterocycles. The average Bonchev–Trinajstić information content (AvgIpc) is 3.10. The number of rotatable bonds is 26. The van der Waals surface area contributed by atoms with E-state index < -0.39 is 11.9 Å². The molecule has 274 valence electrons. The summed E-state index contributed by atoms with van der Waals surface area (Å²) in [4.78, 5) is 25.3. The smallest absolute Gasteiger partial charge is 0.335 e. The maximum atomic E-state index is 12.7. The average molecular weight is 683 g/mol. The lowest BCUT2D eigenvalue weighted by molar-refractivity contribution is 0.0679. The van der Waals surface area contributed by atoms with Gasteiger partial charge in [0.05, 0.1) is 11.1 Å². The Bertz CT molecular complexity index is 1360. The Labute approximate surface area is 304 Å². The first-order valence-corrected chi connectivity index (χ1v) is 20.1. The van der Waals surface area contributed by atoms with Gasteiger partial charge < -0.3 is 10.2 Å². The number of carboxylic acids is 2. The summed E-state index contributed by atoms with van der Waals surface area (Å²) < 4.78 is 0. The van der Waals surface area contributed by atoms with Crippen molar-refractivity contribution in [2.24, 2.45) is 0 Å². The van der Waals surface area contributed by atoms with Crippen LogP contribution in [0.3, 0.4) is 0 Å². The minimum absolute atomic E-state index is 0.200. The molecule has 3 rings (SSSR count). The van der Waals surface area contributed by atoms with Crippen LogP contribution < -0.4 is 0 Å². The van der Waals surface area contributed by atoms with Crippen molar-refractivity contribution in [1.82, 2.24) is 0 Å². The van der Waals surface area contributed by atoms with E-state index in [1.165, 1.54) is 112 Å². The quantitative estimate of drug-likeness (QED) is 0.0826. The van der Waals surface area contributed by atoms with E-state index in [9.17, 15) is 19.8 Å². The summed E-state index contributed by atoms with van der Waals surface area (Å²) in [6, 6.07) is 16.5. The van der Waals surface area contributed by atoms with E-state index in [-0.39, 0.29) is 11.1 Å². The number of aryl methyl sites for hydroxylation is 4. The van der Waals surface area contributed by atoms with Crippen LogP contribution in [0.15, 0.2) is 48.5 Å². The molecule has 0 aliphatic rings. The van der Waals surface area contributed by atoms with Crippen LogP contribution in [0, 0.1) is 0 Å². The van der Waals surface area contributed by atoms with Crippen LogP contribution in [0.25, 0.3) is 0 Å². The molecule has 0 unspecified atom stereocenters. The highest BCUT2D eigenvalue weighted by molar-refractivity contribution is 5.95. The summed E-state index contributed by atoms with van der Waals surface area (Å²) in [5, 5.41) is 20.7. The first-order valence-electron chi connectivity index (χ1n) is 20.1. The SMILES string of the molecule is CCCCCCc1ccc(Cc2cc(C(=O)O)c(Cc3ccc(CCCCCC)c(CCCCCC)c3)cc2C(=O)O)cc1CCCCCC. The monoisotopic (exact) mass is 682 g/mol. The fraction of sp³-hybridized carbons (Fsp3) is 0.565. The van der Waals surface area contributed by atoms with Crippen LogP contribution in [-0.4, -0.2) is 22.2 Å². The number of hydrogen-bond acceptors (Lipinski definition) is 2. The molecule has 50 heavy (non-hydrogen) atoms. The molecular formula is C46H66O4. The maximum absolute atomic E-state index is 12.7. The molecule has 0 saturated heterocycles. The molecular weight excluding hydrogens is 617 g/mol. The van der Waals surface area contributed by atoms with Crippen LogP contribution in [0.5, 0.6) is 0 Å². The topological polar surface area (TPSA) is 74.6 Å². The zero-order chi connectivity index (χ0) is 36.1. The highest BCUT2D eigenvalue weighted by Crippen LogP contribution is 2.27. The molecule has 0 atom stereocenters. The van der Waals surface area contributed by atoms with Gasteiger partial charge in [0, 0.05) is 0 Å². The number of carboxylic acid groups (broad SMARTS) is 2. The van der Waals surface area contributed by atoms with E-state index in [0.29, 0.717) is 24.0 Å². The third kappa shape index (κ3) is 13.7. The Balaban J connectivity index is 1.92. The zero-order valence-corrected chi connectivity index (χ0v) is 31.9. The fourth-order valence-electron chi connectivity index (χ4n) is 7.32. The molecule has 0 saturated carbocycles. The minimum atomic E-state index is -1.01. The van der Waals surface area contributed by atoms with Crippen molar-refractivity contribution in [2.45, 2.75) is 169 Å². The summed E-state index contributed by atoms with van der Waals surface area (Å²) in [5.41, 5.74) is 9.13. The summed E-state index contributed by atoms with van der Waals surface area (Å²) in [7, 11) is 0. The molecule has 0 aromatic heterocycles. The van der Waals surface area contributed by atoms with E-state index in [2.05, 4.69) is 64.1 Å². The van der Waals surface area contributed by atoms with Crippen LogP contribution in [0.1, 0.15) is 196 Å². The Morgan fingerprint density at radius 3 is 1.02 bits per heavy atom. The van der Waals surface area contributed by atoms with E-state index in [4.69, 9.17) is 0 Å². The number of unbranched alkanes of at least 4 members (excludes halogenated alkanes) is 12. The van der Waals surface area contributed by atoms with Crippen LogP contribution >= 0.6 is 0 Å². The van der Waals surface area contributed by atoms with Crippen molar-refractivity contribution in [3.63, 3.8) is 0 Å². The van der Waals surface area contributed by atoms with Gasteiger partial charge in [-0.3, -0.25) is 0 Å². The predicted octanol–water partition coefficient (Wildman–Crippen LogP) is 12.8. The third-order valence-corrected chi connectivity index (χ3v) is 10.3. The lowest BCUT2D eigenvalue weighted by Crippen LogP contribution is -2.11. The van der Waals surface area contributed by atoms with Gasteiger partial charge in [-0.2, -0.15) is 0 Å². The number of aromatic carboxylic acids is 2. The molecule has 0 amide bonds. The van der Waals surface area contributed by atoms with Crippen molar-refractivity contribution >= 4 is 11.9 Å². The van der Waals surface area contributed by atoms with Crippen molar-refractivity contribution in [1.29, 1.82) is 0 Å². The van der Waals surface area contributed by atoms with Gasteiger partial charge in [0.25, 0.3) is 0 Å². The van der Waals surface area contributed by atoms with E-state index in [0.717, 1.165) is 49.7 Å². The second-order valence-corrected chi connectivity index (χ2v) is 14.6. The second-order valence-electron chi connectivity index (χ2n) is 14.6. The molecule has 2 N–H and O–H groups in total. The van der Waals surface area contributed by atoms with E-state index >= 15 is 0 Å². The van der Waals surface area contributed by atoms with Crippen LogP contribution in [-0.2, 0) is 38.5 Å². The van der Waals surface area contributed by atoms with Gasteiger partial charge in [-0.15, -0.1) is 0 Å². The highest BCUT2D eigenvalue weighted by Gasteiger charge is 2.20. The number of hydrogen-bond donors (Lipinski definition) is 2. The maximum Gasteiger partial charge on any atom is 0.335 e. The molecule has 0 fully saturated rings. The lowest BCUT2D eigenvalue weighted by atomic mass is 9.88. The Morgan fingerprint density at radius 1 is 0.400 bits per heavy atom. The van der Waals surface area contributed by atoms with E-state index in [1.807, 2.05) is 0 Å². The van der Waals surface area contributed by atoms with Gasteiger partial charge in [0.15, 0.2) is 0 Å². The molecule has 3 aromatic rings. The molecule has 4 nitrogen and oxygen atoms in total. The van der Waals surface area contributed by atoms with Gasteiger partial charge in [0.2, 0.25) is 0 Å². The summed E-state index contributed by atoms with van der Waals surface area (Å²) in [6.45, 7) is 8.94. The molecule has 0 aliphatic carbocycles. The van der Waals surface area contributed by atoms with Crippen molar-refractivity contribution in [2.75, 3.05) is 0 Å². The Morgan fingerprint density at radius 2 is 0.720 bits per heavy atom. The molecule has 3 aromatic carbocycles. The summed E-state index contributed by atoms with van der Waals surface area (Å²) in [6.07, 6.45) is 24.4. The van der Waals surface area contributed by atoms with Gasteiger partial charge in [-0.1, -0.05) is 141 Å². The normalized spacial score (nSPS) is 11.3. The molecule has 0 aliphatic heterocycles. The third-order valence-electron chi connectivity index (χ3n) is 10.3. The lowest BCUT2D eigenvalue weighted by Gasteiger charge is -2.16. The Hall–Kier alpha value is -3.40. The minimum Gasteiger partial charge on any atom is -0.478 e. The molecule has 4 heteroatoms. The molecule has 0 radical (unpaired) electrons. The van der Waals surface area contributed by atoms with E-state index in [1.54, 1.807) is 12.1 Å². The molecule has 0 spiro atoms. The van der Waals surface area contributed by atoms with Crippen molar-refractivity contribution < 1.29 is 19.8 Å². The van der Waals surface area contributed by atoms with Crippen LogP contribution in [0.4, 0.5) is 0 Å². The largest absolute Gasteiger partial charge is 0.478 e. The van der Waals surface area contributed by atoms with Gasteiger partial charge in [-0.25, -0.2) is 9.59 Å². The van der Waals surface area contributed by atoms with Crippen LogP contribution in [0.2, 0.25) is 0 Å². The first-order chi connectivity index (χ1) is 24.3. The van der Waals surface area contributed by atoms with Crippen molar-refractivity contribution in [3.8, 4) is 0 Å². The summed E-state index contributed by atoms with van der Waals surface area (Å²) in [5.74, 6) is -2.02. The predicted molar refractivity (Wildman–Crippen MR) is 210 cm³/mol. The fourth-order valence-corrected chi connectivity index (χ4v) is 7.32. The number of carbonyl (C=O) groups is 2. The van der Waals surface area contributed by atoms with Gasteiger partial charge in [0.1, 0.15) is 0 Å². The first kappa shape index (κ1) is 41.0. The molecule has 0 bridgehead atoms. The van der Waals surface area contributed by atoms with Gasteiger partial charge >= 0.3 is 11.9 Å². The van der Waals surface area contributed by atoms with Crippen molar-refractivity contribution in [3.05, 3.63) is 104 Å². The summed E-state index contributed by atoms with van der Waals surface area (Å²) >= 11 is 0. The second kappa shape index (κ2) is 23.1. The highest BCUT2D eigenvalue weighted by atomic mass is 16.4. The standard InChI is InChI=1S/C46H66O4/c1-5-9-13-17-21-37-27-25-35(29-39(37)23-19-15-11-7-3)31-41-33-44(46(49)50)42(34-43(41)45(47)48)32-36-26-28-38(22-18-14-10-6-2)40(30-36)24-20-16-12-8-4/h25-30,33-34H,5-24,31-32H2,1-4H3,(H,47,48)(H,49,50). The van der Waals surface area contributed by atoms with Gasteiger partial charge in [-0.05, 0) is 121 Å². The Kier molecular flexibility index (Phi) is 19.0. The zero-order valence-electron chi connectivity index (χ0n) is 31.9.